The molecular formula is C40H62Cl2N6O10. The van der Waals surface area contributed by atoms with E-state index >= 15 is 0 Å². The largest absolute Gasteiger partial charge is 0.482 e. The Balaban J connectivity index is 2.65. The normalized spacial score (nSPS) is 11.9. The third-order valence-corrected chi connectivity index (χ3v) is 8.15. The highest BCUT2D eigenvalue weighted by Gasteiger charge is 2.25. The molecule has 58 heavy (non-hydrogen) atoms. The van der Waals surface area contributed by atoms with Crippen molar-refractivity contribution in [3.63, 3.8) is 0 Å². The summed E-state index contributed by atoms with van der Waals surface area (Å²) in [6, 6.07) is 2.01. The second kappa shape index (κ2) is 24.4. The lowest BCUT2D eigenvalue weighted by Crippen LogP contribution is -2.48. The standard InChI is InChI=1S/C40H62Cl2N6O10/c1-12-25(2)32(50)26-19-20-28(31(42)30(26)41)55-24-29(49)43-21-15-13-14-16-22-44-33(51)27(46-35(52)56-38(3,4)5)18-17-23-45-34(47-36(53)57-39(6,7)8)48-37(54)58-40(9,10)11/h19-20,27H,2,12-18,21-24H2,1,3-11H3,(H,43,49)(H,44,51)(H,46,52)(H2,45,47,48,53,54)/t27-/m0/s1. The zero-order valence-corrected chi connectivity index (χ0v) is 37.0. The van der Waals surface area contributed by atoms with Crippen molar-refractivity contribution in [2.24, 2.45) is 4.99 Å². The van der Waals surface area contributed by atoms with Gasteiger partial charge >= 0.3 is 18.3 Å². The fourth-order valence-corrected chi connectivity index (χ4v) is 5.11. The van der Waals surface area contributed by atoms with Crippen molar-refractivity contribution >= 4 is 65.0 Å². The van der Waals surface area contributed by atoms with Crippen LogP contribution in [-0.4, -0.2) is 90.9 Å². The monoisotopic (exact) mass is 856 g/mol. The summed E-state index contributed by atoms with van der Waals surface area (Å²) in [4.78, 5) is 79.6. The summed E-state index contributed by atoms with van der Waals surface area (Å²) in [6.45, 7) is 21.3. The van der Waals surface area contributed by atoms with Crippen molar-refractivity contribution in [1.29, 1.82) is 0 Å². The number of guanidine groups is 1. The third-order valence-electron chi connectivity index (χ3n) is 7.29. The van der Waals surface area contributed by atoms with Gasteiger partial charge in [-0.2, -0.15) is 0 Å². The molecule has 0 radical (unpaired) electrons. The van der Waals surface area contributed by atoms with Gasteiger partial charge in [0.25, 0.3) is 5.91 Å². The number of allylic oxidation sites excluding steroid dienone is 1. The van der Waals surface area contributed by atoms with Gasteiger partial charge in [-0.1, -0.05) is 49.5 Å². The molecule has 0 unspecified atom stereocenters. The maximum Gasteiger partial charge on any atom is 0.414 e. The first-order valence-corrected chi connectivity index (χ1v) is 20.0. The third kappa shape index (κ3) is 22.4. The van der Waals surface area contributed by atoms with Gasteiger partial charge in [-0.3, -0.25) is 30.0 Å². The minimum absolute atomic E-state index is 0.0328. The zero-order chi connectivity index (χ0) is 44.3. The van der Waals surface area contributed by atoms with Gasteiger partial charge in [0.2, 0.25) is 11.9 Å². The van der Waals surface area contributed by atoms with Gasteiger partial charge in [-0.25, -0.2) is 14.4 Å². The number of aliphatic imine (C=N–C) groups is 1. The van der Waals surface area contributed by atoms with Crippen molar-refractivity contribution in [3.8, 4) is 5.75 Å². The van der Waals surface area contributed by atoms with Crippen molar-refractivity contribution in [2.75, 3.05) is 26.2 Å². The second-order valence-electron chi connectivity index (χ2n) is 16.2. The number of nitrogens with one attached hydrogen (secondary N) is 5. The number of ether oxygens (including phenoxy) is 4. The van der Waals surface area contributed by atoms with E-state index in [-0.39, 0.29) is 65.0 Å². The predicted molar refractivity (Wildman–Crippen MR) is 224 cm³/mol. The first-order chi connectivity index (χ1) is 26.8. The van der Waals surface area contributed by atoms with Crippen LogP contribution >= 0.6 is 23.2 Å². The smallest absolute Gasteiger partial charge is 0.414 e. The van der Waals surface area contributed by atoms with Crippen LogP contribution in [0.1, 0.15) is 125 Å². The van der Waals surface area contributed by atoms with Crippen LogP contribution in [-0.2, 0) is 23.8 Å². The highest BCUT2D eigenvalue weighted by molar-refractivity contribution is 6.45. The number of hydrogen-bond donors (Lipinski definition) is 5. The Kier molecular flexibility index (Phi) is 21.6. The average Bonchev–Trinajstić information content (AvgIpc) is 3.07. The molecule has 0 heterocycles. The topological polar surface area (TPSA) is 212 Å². The van der Waals surface area contributed by atoms with Gasteiger partial charge < -0.3 is 34.9 Å². The lowest BCUT2D eigenvalue weighted by molar-refractivity contribution is -0.124. The molecule has 5 N–H and O–H groups in total. The number of halogens is 2. The Bertz CT molecular complexity index is 1600. The van der Waals surface area contributed by atoms with Gasteiger partial charge in [0, 0.05) is 25.2 Å². The molecule has 1 rings (SSSR count). The summed E-state index contributed by atoms with van der Waals surface area (Å²) in [7, 11) is 0. The molecule has 5 amide bonds. The summed E-state index contributed by atoms with van der Waals surface area (Å²) in [5.74, 6) is -1.12. The van der Waals surface area contributed by atoms with E-state index in [0.717, 1.165) is 12.8 Å². The molecule has 0 aliphatic carbocycles. The molecule has 0 bridgehead atoms. The van der Waals surface area contributed by atoms with Crippen LogP contribution < -0.4 is 31.3 Å². The van der Waals surface area contributed by atoms with E-state index in [1.807, 2.05) is 6.92 Å². The molecule has 0 spiro atoms. The van der Waals surface area contributed by atoms with E-state index in [1.165, 1.54) is 12.1 Å². The van der Waals surface area contributed by atoms with E-state index in [0.29, 0.717) is 37.9 Å². The summed E-state index contributed by atoms with van der Waals surface area (Å²) in [5.41, 5.74) is -1.79. The number of unbranched alkanes of at least 4 members (excludes halogenated alkanes) is 3. The molecule has 18 heteroatoms. The van der Waals surface area contributed by atoms with Crippen LogP contribution in [0.15, 0.2) is 29.3 Å². The Morgan fingerprint density at radius 2 is 1.24 bits per heavy atom. The molecule has 1 atom stereocenters. The molecule has 0 saturated heterocycles. The van der Waals surface area contributed by atoms with Crippen molar-refractivity contribution in [2.45, 2.75) is 137 Å². The van der Waals surface area contributed by atoms with Crippen molar-refractivity contribution in [3.05, 3.63) is 39.9 Å². The summed E-state index contributed by atoms with van der Waals surface area (Å²) >= 11 is 12.6. The van der Waals surface area contributed by atoms with E-state index in [4.69, 9.17) is 42.1 Å². The zero-order valence-electron chi connectivity index (χ0n) is 35.5. The summed E-state index contributed by atoms with van der Waals surface area (Å²) in [6.07, 6.45) is 1.30. The van der Waals surface area contributed by atoms with Crippen LogP contribution in [0.25, 0.3) is 0 Å². The minimum atomic E-state index is -0.962. The van der Waals surface area contributed by atoms with E-state index < -0.39 is 47.0 Å². The summed E-state index contributed by atoms with van der Waals surface area (Å²) < 4.78 is 21.4. The van der Waals surface area contributed by atoms with Crippen molar-refractivity contribution < 1.29 is 47.7 Å². The SMILES string of the molecule is C=C(CC)C(=O)c1ccc(OCC(=O)NCCCCCCNC(=O)[C@H](CCCN=C(NC(=O)OC(C)(C)C)NC(=O)OC(C)(C)C)NC(=O)OC(C)(C)C)c(Cl)c1Cl. The number of alkyl carbamates (subject to hydrolysis) is 3. The number of rotatable bonds is 19. The van der Waals surface area contributed by atoms with Gasteiger partial charge in [0.1, 0.15) is 33.6 Å². The molecule has 0 aliphatic heterocycles. The summed E-state index contributed by atoms with van der Waals surface area (Å²) in [5, 5.41) is 13.1. The molecule has 326 valence electrons. The van der Waals surface area contributed by atoms with Gasteiger partial charge in [-0.05, 0) is 112 Å². The Morgan fingerprint density at radius 1 is 0.724 bits per heavy atom. The molecule has 1 aromatic carbocycles. The number of ketones is 1. The Morgan fingerprint density at radius 3 is 1.76 bits per heavy atom. The first-order valence-electron chi connectivity index (χ1n) is 19.2. The number of Topliss-reactive ketones (excluding diaryl/α,β-unsaturated/α-hetero) is 1. The first kappa shape index (κ1) is 51.4. The quantitative estimate of drug-likeness (QED) is 0.0232. The van der Waals surface area contributed by atoms with Gasteiger partial charge in [-0.15, -0.1) is 0 Å². The van der Waals surface area contributed by atoms with Crippen LogP contribution in [0.5, 0.6) is 5.75 Å². The second-order valence-corrected chi connectivity index (χ2v) is 17.0. The number of benzene rings is 1. The lowest BCUT2D eigenvalue weighted by Gasteiger charge is -2.23. The number of amides is 5. The fraction of sp³-hybridized carbons (Fsp3) is 0.625. The molecular weight excluding hydrogens is 795 g/mol. The predicted octanol–water partition coefficient (Wildman–Crippen LogP) is 7.39. The van der Waals surface area contributed by atoms with Crippen LogP contribution in [0.4, 0.5) is 14.4 Å². The van der Waals surface area contributed by atoms with E-state index in [1.54, 1.807) is 62.3 Å². The fourth-order valence-electron chi connectivity index (χ4n) is 4.65. The number of hydrogen-bond acceptors (Lipinski definition) is 11. The molecule has 0 fully saturated rings. The highest BCUT2D eigenvalue weighted by atomic mass is 35.5. The maximum absolute atomic E-state index is 13.2. The van der Waals surface area contributed by atoms with E-state index in [9.17, 15) is 28.8 Å². The van der Waals surface area contributed by atoms with Crippen molar-refractivity contribution in [1.82, 2.24) is 26.6 Å². The average molecular weight is 858 g/mol. The molecule has 1 aromatic rings. The lowest BCUT2D eigenvalue weighted by atomic mass is 10.0. The number of nitrogens with zero attached hydrogens (tertiary/aromatic N) is 1. The molecule has 16 nitrogen and oxygen atoms in total. The van der Waals surface area contributed by atoms with Gasteiger partial charge in [0.05, 0.1) is 5.02 Å². The van der Waals surface area contributed by atoms with Crippen LogP contribution in [0.2, 0.25) is 10.0 Å². The molecule has 0 aromatic heterocycles. The minimum Gasteiger partial charge on any atom is -0.482 e. The molecule has 0 aliphatic rings. The van der Waals surface area contributed by atoms with Crippen LogP contribution in [0.3, 0.4) is 0 Å². The van der Waals surface area contributed by atoms with E-state index in [2.05, 4.69) is 38.2 Å². The Labute approximate surface area is 352 Å². The van der Waals surface area contributed by atoms with Crippen LogP contribution in [0, 0.1) is 0 Å². The number of carbonyl (C=O) groups is 6. The highest BCUT2D eigenvalue weighted by Crippen LogP contribution is 2.35. The maximum atomic E-state index is 13.2. The molecule has 0 saturated carbocycles. The van der Waals surface area contributed by atoms with Gasteiger partial charge in [0.15, 0.2) is 12.4 Å². The Hall–Kier alpha value is -4.57. The number of carbonyl (C=O) groups excluding carboxylic acids is 6.